The molecule has 0 bridgehead atoms. The lowest BCUT2D eigenvalue weighted by atomic mass is 10.2. The molecule has 28 heavy (non-hydrogen) atoms. The van der Waals surface area contributed by atoms with E-state index in [4.69, 9.17) is 4.42 Å². The number of alkyl halides is 3. The highest BCUT2D eigenvalue weighted by Gasteiger charge is 2.30. The molecule has 0 fully saturated rings. The molecular weight excluding hydrogens is 393 g/mol. The number of aromatic nitrogens is 3. The summed E-state index contributed by atoms with van der Waals surface area (Å²) in [5.74, 6) is 0.501. The molecule has 1 N–H and O–H groups in total. The number of allylic oxidation sites excluding steroid dienone is 1. The monoisotopic (exact) mass is 408 g/mol. The molecule has 0 aliphatic heterocycles. The van der Waals surface area contributed by atoms with Gasteiger partial charge in [-0.15, -0.1) is 16.8 Å². The molecule has 1 amide bonds. The Labute approximate surface area is 162 Å². The fourth-order valence-electron chi connectivity index (χ4n) is 2.38. The summed E-state index contributed by atoms with van der Waals surface area (Å²) >= 11 is 1.11. The second-order valence-electron chi connectivity index (χ2n) is 5.60. The van der Waals surface area contributed by atoms with Crippen LogP contribution in [-0.4, -0.2) is 26.4 Å². The fraction of sp³-hybridized carbons (Fsp3) is 0.167. The molecule has 6 nitrogen and oxygen atoms in total. The molecule has 0 radical (unpaired) electrons. The van der Waals surface area contributed by atoms with Crippen LogP contribution in [0, 0.1) is 0 Å². The first kappa shape index (κ1) is 19.7. The number of anilines is 1. The SMILES string of the molecule is C=CCn1c(SCC(=O)Nc2cccc(C(F)(F)F)c2)nnc1-c1ccco1. The maximum Gasteiger partial charge on any atom is 0.416 e. The minimum atomic E-state index is -4.47. The predicted molar refractivity (Wildman–Crippen MR) is 98.7 cm³/mol. The molecule has 0 spiro atoms. The van der Waals surface area contributed by atoms with Crippen LogP contribution in [-0.2, 0) is 17.5 Å². The lowest BCUT2D eigenvalue weighted by molar-refractivity contribution is -0.137. The topological polar surface area (TPSA) is 73.0 Å². The molecule has 146 valence electrons. The van der Waals surface area contributed by atoms with E-state index in [-0.39, 0.29) is 11.4 Å². The quantitative estimate of drug-likeness (QED) is 0.461. The van der Waals surface area contributed by atoms with Gasteiger partial charge in [-0.25, -0.2) is 0 Å². The lowest BCUT2D eigenvalue weighted by Crippen LogP contribution is -2.15. The lowest BCUT2D eigenvalue weighted by Gasteiger charge is -2.10. The van der Waals surface area contributed by atoms with Crippen molar-refractivity contribution in [2.24, 2.45) is 0 Å². The van der Waals surface area contributed by atoms with E-state index in [0.717, 1.165) is 23.9 Å². The number of carbonyl (C=O) groups is 1. The van der Waals surface area contributed by atoms with Gasteiger partial charge in [-0.2, -0.15) is 13.2 Å². The van der Waals surface area contributed by atoms with Crippen LogP contribution in [0.5, 0.6) is 0 Å². The molecule has 3 rings (SSSR count). The van der Waals surface area contributed by atoms with Gasteiger partial charge in [0.25, 0.3) is 0 Å². The number of nitrogens with one attached hydrogen (secondary N) is 1. The van der Waals surface area contributed by atoms with E-state index in [2.05, 4.69) is 22.1 Å². The zero-order chi connectivity index (χ0) is 20.1. The number of benzene rings is 1. The van der Waals surface area contributed by atoms with Crippen molar-refractivity contribution in [2.45, 2.75) is 17.9 Å². The highest BCUT2D eigenvalue weighted by Crippen LogP contribution is 2.31. The molecule has 3 aromatic rings. The second kappa shape index (κ2) is 8.34. The molecule has 0 aliphatic carbocycles. The van der Waals surface area contributed by atoms with Crippen molar-refractivity contribution in [3.63, 3.8) is 0 Å². The maximum atomic E-state index is 12.8. The number of rotatable bonds is 7. The predicted octanol–water partition coefficient (Wildman–Crippen LogP) is 4.47. The van der Waals surface area contributed by atoms with Crippen LogP contribution in [0.4, 0.5) is 18.9 Å². The zero-order valence-corrected chi connectivity index (χ0v) is 15.3. The fourth-order valence-corrected chi connectivity index (χ4v) is 3.13. The maximum absolute atomic E-state index is 12.8. The highest BCUT2D eigenvalue weighted by molar-refractivity contribution is 7.99. The van der Waals surface area contributed by atoms with Gasteiger partial charge in [0.2, 0.25) is 11.7 Å². The molecule has 10 heteroatoms. The van der Waals surface area contributed by atoms with E-state index in [1.54, 1.807) is 22.8 Å². The van der Waals surface area contributed by atoms with E-state index in [1.807, 2.05) is 0 Å². The number of nitrogens with zero attached hydrogens (tertiary/aromatic N) is 3. The van der Waals surface area contributed by atoms with Crippen molar-refractivity contribution in [2.75, 3.05) is 11.1 Å². The number of amides is 1. The number of carbonyl (C=O) groups excluding carboxylic acids is 1. The third-order valence-electron chi connectivity index (χ3n) is 3.58. The summed E-state index contributed by atoms with van der Waals surface area (Å²) in [7, 11) is 0. The van der Waals surface area contributed by atoms with Crippen LogP contribution in [0.3, 0.4) is 0 Å². The van der Waals surface area contributed by atoms with Crippen molar-refractivity contribution >= 4 is 23.4 Å². The van der Waals surface area contributed by atoms with Crippen LogP contribution in [0.15, 0.2) is 64.9 Å². The van der Waals surface area contributed by atoms with Gasteiger partial charge in [-0.05, 0) is 30.3 Å². The summed E-state index contributed by atoms with van der Waals surface area (Å²) in [6, 6.07) is 7.92. The molecule has 0 atom stereocenters. The molecule has 0 saturated carbocycles. The van der Waals surface area contributed by atoms with E-state index < -0.39 is 17.6 Å². The van der Waals surface area contributed by atoms with Crippen LogP contribution < -0.4 is 5.32 Å². The molecule has 0 unspecified atom stereocenters. The Morgan fingerprint density at radius 2 is 2.11 bits per heavy atom. The Bertz CT molecular complexity index is 968. The second-order valence-corrected chi connectivity index (χ2v) is 6.54. The zero-order valence-electron chi connectivity index (χ0n) is 14.4. The Kier molecular flexibility index (Phi) is 5.88. The Morgan fingerprint density at radius 1 is 1.29 bits per heavy atom. The van der Waals surface area contributed by atoms with Gasteiger partial charge in [0.05, 0.1) is 17.6 Å². The first-order valence-electron chi connectivity index (χ1n) is 8.06. The summed E-state index contributed by atoms with van der Waals surface area (Å²) in [6.07, 6.45) is -1.31. The summed E-state index contributed by atoms with van der Waals surface area (Å²) in [5.41, 5.74) is -0.754. The average Bonchev–Trinajstić information content (AvgIpc) is 3.29. The molecule has 2 aromatic heterocycles. The molecule has 2 heterocycles. The molecule has 0 aliphatic rings. The smallest absolute Gasteiger partial charge is 0.416 e. The Hall–Kier alpha value is -3.01. The first-order valence-corrected chi connectivity index (χ1v) is 9.05. The van der Waals surface area contributed by atoms with Crippen molar-refractivity contribution in [1.29, 1.82) is 0 Å². The minimum absolute atomic E-state index is 0.0519. The third-order valence-corrected chi connectivity index (χ3v) is 4.54. The molecular formula is C18H15F3N4O2S. The van der Waals surface area contributed by atoms with Crippen molar-refractivity contribution in [3.8, 4) is 11.6 Å². The third kappa shape index (κ3) is 4.63. The number of halogens is 3. The van der Waals surface area contributed by atoms with Crippen LogP contribution in [0.25, 0.3) is 11.6 Å². The minimum Gasteiger partial charge on any atom is -0.461 e. The van der Waals surface area contributed by atoms with Crippen molar-refractivity contribution < 1.29 is 22.4 Å². The summed E-state index contributed by atoms with van der Waals surface area (Å²) in [5, 5.41) is 11.0. The first-order chi connectivity index (χ1) is 13.4. The summed E-state index contributed by atoms with van der Waals surface area (Å²) in [4.78, 5) is 12.1. The van der Waals surface area contributed by atoms with E-state index in [0.29, 0.717) is 23.3 Å². The van der Waals surface area contributed by atoms with Gasteiger partial charge in [0, 0.05) is 12.2 Å². The van der Waals surface area contributed by atoms with E-state index in [9.17, 15) is 18.0 Å². The van der Waals surface area contributed by atoms with Gasteiger partial charge in [-0.1, -0.05) is 23.9 Å². The standard InChI is InChI=1S/C18H15F3N4O2S/c1-2-8-25-16(14-7-4-9-27-14)23-24-17(25)28-11-15(26)22-13-6-3-5-12(10-13)18(19,20)21/h2-7,9-10H,1,8,11H2,(H,22,26). The summed E-state index contributed by atoms with van der Waals surface area (Å²) < 4.78 is 45.3. The number of thioether (sulfide) groups is 1. The Morgan fingerprint density at radius 3 is 2.79 bits per heavy atom. The van der Waals surface area contributed by atoms with E-state index >= 15 is 0 Å². The largest absolute Gasteiger partial charge is 0.461 e. The average molecular weight is 408 g/mol. The summed E-state index contributed by atoms with van der Waals surface area (Å²) in [6.45, 7) is 4.09. The van der Waals surface area contributed by atoms with Crippen LogP contribution in [0.2, 0.25) is 0 Å². The molecule has 1 aromatic carbocycles. The van der Waals surface area contributed by atoms with Gasteiger partial charge < -0.3 is 9.73 Å². The van der Waals surface area contributed by atoms with Crippen molar-refractivity contribution in [3.05, 3.63) is 60.9 Å². The number of hydrogen-bond donors (Lipinski definition) is 1. The molecule has 0 saturated heterocycles. The van der Waals surface area contributed by atoms with Gasteiger partial charge in [0.15, 0.2) is 10.9 Å². The van der Waals surface area contributed by atoms with E-state index in [1.165, 1.54) is 18.4 Å². The number of hydrogen-bond acceptors (Lipinski definition) is 5. The van der Waals surface area contributed by atoms with Gasteiger partial charge >= 0.3 is 6.18 Å². The number of furan rings is 1. The normalized spacial score (nSPS) is 11.4. The van der Waals surface area contributed by atoms with Crippen LogP contribution in [0.1, 0.15) is 5.56 Å². The van der Waals surface area contributed by atoms with Gasteiger partial charge in [0.1, 0.15) is 0 Å². The highest BCUT2D eigenvalue weighted by atomic mass is 32.2. The Balaban J connectivity index is 1.67. The van der Waals surface area contributed by atoms with Crippen molar-refractivity contribution in [1.82, 2.24) is 14.8 Å². The van der Waals surface area contributed by atoms with Crippen LogP contribution >= 0.6 is 11.8 Å². The van der Waals surface area contributed by atoms with Gasteiger partial charge in [-0.3, -0.25) is 9.36 Å².